The third-order valence-electron chi connectivity index (χ3n) is 4.03. The first-order valence-electron chi connectivity index (χ1n) is 7.71. The SMILES string of the molecule is Cc1cc(N2CCC(NC(=O)NCc3ncoc3C)C2=O)n(C)n1. The Labute approximate surface area is 139 Å². The summed E-state index contributed by atoms with van der Waals surface area (Å²) in [6, 6.07) is 0.908. The summed E-state index contributed by atoms with van der Waals surface area (Å²) in [4.78, 5) is 30.2. The van der Waals surface area contributed by atoms with Crippen LogP contribution in [-0.4, -0.2) is 39.3 Å². The van der Waals surface area contributed by atoms with Crippen molar-refractivity contribution in [1.29, 1.82) is 0 Å². The van der Waals surface area contributed by atoms with E-state index in [1.165, 1.54) is 6.39 Å². The van der Waals surface area contributed by atoms with Crippen molar-refractivity contribution < 1.29 is 14.0 Å². The van der Waals surface area contributed by atoms with Crippen LogP contribution in [0, 0.1) is 13.8 Å². The lowest BCUT2D eigenvalue weighted by Crippen LogP contribution is -2.46. The van der Waals surface area contributed by atoms with Gasteiger partial charge in [0.1, 0.15) is 23.3 Å². The Bertz CT molecular complexity index is 765. The van der Waals surface area contributed by atoms with Crippen LogP contribution >= 0.6 is 0 Å². The van der Waals surface area contributed by atoms with E-state index in [0.29, 0.717) is 24.4 Å². The van der Waals surface area contributed by atoms with E-state index in [2.05, 4.69) is 20.7 Å². The summed E-state index contributed by atoms with van der Waals surface area (Å²) in [6.45, 7) is 4.44. The molecule has 2 aromatic heterocycles. The Kier molecular flexibility index (Phi) is 4.24. The molecule has 2 N–H and O–H groups in total. The fraction of sp³-hybridized carbons (Fsp3) is 0.467. The molecule has 9 nitrogen and oxygen atoms in total. The largest absolute Gasteiger partial charge is 0.448 e. The highest BCUT2D eigenvalue weighted by Crippen LogP contribution is 2.21. The number of urea groups is 1. The number of hydrogen-bond acceptors (Lipinski definition) is 5. The monoisotopic (exact) mass is 332 g/mol. The maximum atomic E-state index is 12.5. The highest BCUT2D eigenvalue weighted by Gasteiger charge is 2.35. The first-order valence-corrected chi connectivity index (χ1v) is 7.71. The normalized spacial score (nSPS) is 17.4. The molecule has 3 amide bonds. The zero-order valence-electron chi connectivity index (χ0n) is 13.9. The first-order chi connectivity index (χ1) is 11.5. The van der Waals surface area contributed by atoms with Gasteiger partial charge < -0.3 is 15.1 Å². The van der Waals surface area contributed by atoms with Crippen LogP contribution in [-0.2, 0) is 18.4 Å². The number of hydrogen-bond donors (Lipinski definition) is 2. The molecule has 1 saturated heterocycles. The molecule has 0 saturated carbocycles. The molecule has 9 heteroatoms. The summed E-state index contributed by atoms with van der Waals surface area (Å²) in [5, 5.41) is 9.64. The molecule has 1 aliphatic rings. The Morgan fingerprint density at radius 3 is 2.88 bits per heavy atom. The van der Waals surface area contributed by atoms with Crippen molar-refractivity contribution in [2.75, 3.05) is 11.4 Å². The fourth-order valence-corrected chi connectivity index (χ4v) is 2.76. The number of nitrogens with one attached hydrogen (secondary N) is 2. The molecule has 0 spiro atoms. The minimum Gasteiger partial charge on any atom is -0.448 e. The van der Waals surface area contributed by atoms with Crippen LogP contribution in [0.15, 0.2) is 16.9 Å². The summed E-state index contributed by atoms with van der Waals surface area (Å²) in [5.74, 6) is 1.26. The quantitative estimate of drug-likeness (QED) is 0.854. The summed E-state index contributed by atoms with van der Waals surface area (Å²) in [5.41, 5.74) is 1.51. The average Bonchev–Trinajstić information content (AvgIpc) is 3.18. The van der Waals surface area contributed by atoms with Crippen molar-refractivity contribution >= 4 is 17.8 Å². The molecule has 1 aliphatic heterocycles. The van der Waals surface area contributed by atoms with Gasteiger partial charge in [0.25, 0.3) is 5.91 Å². The van der Waals surface area contributed by atoms with Gasteiger partial charge >= 0.3 is 6.03 Å². The molecule has 0 bridgehead atoms. The third kappa shape index (κ3) is 3.10. The maximum absolute atomic E-state index is 12.5. The number of anilines is 1. The molecule has 128 valence electrons. The van der Waals surface area contributed by atoms with Gasteiger partial charge in [-0.05, 0) is 20.3 Å². The third-order valence-corrected chi connectivity index (χ3v) is 4.03. The van der Waals surface area contributed by atoms with Gasteiger partial charge in [-0.3, -0.25) is 14.4 Å². The maximum Gasteiger partial charge on any atom is 0.315 e. The zero-order valence-corrected chi connectivity index (χ0v) is 13.9. The molecule has 1 fully saturated rings. The number of nitrogens with zero attached hydrogens (tertiary/aromatic N) is 4. The second-order valence-electron chi connectivity index (χ2n) is 5.78. The van der Waals surface area contributed by atoms with Crippen LogP contribution in [0.3, 0.4) is 0 Å². The Morgan fingerprint density at radius 2 is 2.25 bits per heavy atom. The van der Waals surface area contributed by atoms with E-state index >= 15 is 0 Å². The van der Waals surface area contributed by atoms with Crippen molar-refractivity contribution in [1.82, 2.24) is 25.4 Å². The lowest BCUT2D eigenvalue weighted by Gasteiger charge is -2.17. The second-order valence-corrected chi connectivity index (χ2v) is 5.78. The highest BCUT2D eigenvalue weighted by molar-refractivity contribution is 6.00. The van der Waals surface area contributed by atoms with Crippen LogP contribution in [0.2, 0.25) is 0 Å². The number of aromatic nitrogens is 3. The van der Waals surface area contributed by atoms with Gasteiger partial charge in [0, 0.05) is 19.7 Å². The van der Waals surface area contributed by atoms with Crippen molar-refractivity contribution in [3.63, 3.8) is 0 Å². The molecule has 0 aromatic carbocycles. The van der Waals surface area contributed by atoms with E-state index in [0.717, 1.165) is 11.5 Å². The van der Waals surface area contributed by atoms with Crippen LogP contribution in [0.5, 0.6) is 0 Å². The Morgan fingerprint density at radius 1 is 1.46 bits per heavy atom. The number of aryl methyl sites for hydroxylation is 3. The molecular formula is C15H20N6O3. The molecule has 1 unspecified atom stereocenters. The smallest absolute Gasteiger partial charge is 0.315 e. The van der Waals surface area contributed by atoms with Gasteiger partial charge in [0.15, 0.2) is 6.39 Å². The summed E-state index contributed by atoms with van der Waals surface area (Å²) in [7, 11) is 1.79. The first kappa shape index (κ1) is 16.0. The molecule has 3 heterocycles. The molecule has 1 atom stereocenters. The van der Waals surface area contributed by atoms with E-state index in [9.17, 15) is 9.59 Å². The van der Waals surface area contributed by atoms with Crippen molar-refractivity contribution in [2.24, 2.45) is 7.05 Å². The number of oxazole rings is 1. The van der Waals surface area contributed by atoms with E-state index in [1.54, 1.807) is 23.6 Å². The Balaban J connectivity index is 1.56. The Hall–Kier alpha value is -2.84. The number of rotatable bonds is 4. The summed E-state index contributed by atoms with van der Waals surface area (Å²) >= 11 is 0. The van der Waals surface area contributed by atoms with Crippen molar-refractivity contribution in [3.05, 3.63) is 29.6 Å². The van der Waals surface area contributed by atoms with Crippen LogP contribution in [0.1, 0.15) is 23.6 Å². The van der Waals surface area contributed by atoms with E-state index in [4.69, 9.17) is 4.42 Å². The van der Waals surface area contributed by atoms with Crippen LogP contribution in [0.25, 0.3) is 0 Å². The van der Waals surface area contributed by atoms with Crippen LogP contribution < -0.4 is 15.5 Å². The lowest BCUT2D eigenvalue weighted by molar-refractivity contribution is -0.118. The molecule has 0 radical (unpaired) electrons. The predicted octanol–water partition coefficient (Wildman–Crippen LogP) is 0.630. The molecule has 24 heavy (non-hydrogen) atoms. The topological polar surface area (TPSA) is 105 Å². The average molecular weight is 332 g/mol. The minimum absolute atomic E-state index is 0.134. The van der Waals surface area contributed by atoms with Crippen LogP contribution in [0.4, 0.5) is 10.6 Å². The summed E-state index contributed by atoms with van der Waals surface area (Å²) < 4.78 is 6.74. The molecule has 3 rings (SSSR count). The zero-order chi connectivity index (χ0) is 17.3. The standard InChI is InChI=1S/C15H20N6O3/c1-9-6-13(20(3)19-9)21-5-4-11(14(21)22)18-15(23)16-7-12-10(2)24-8-17-12/h6,8,11H,4-5,7H2,1-3H3,(H2,16,18,23). The van der Waals surface area contributed by atoms with E-state index in [1.807, 2.05) is 13.0 Å². The molecule has 2 aromatic rings. The number of amides is 3. The summed E-state index contributed by atoms with van der Waals surface area (Å²) in [6.07, 6.45) is 1.89. The lowest BCUT2D eigenvalue weighted by atomic mass is 10.2. The minimum atomic E-state index is -0.543. The van der Waals surface area contributed by atoms with Gasteiger partial charge in [0.05, 0.1) is 12.2 Å². The predicted molar refractivity (Wildman–Crippen MR) is 85.3 cm³/mol. The fourth-order valence-electron chi connectivity index (χ4n) is 2.76. The van der Waals surface area contributed by atoms with Gasteiger partial charge in [-0.1, -0.05) is 0 Å². The number of carbonyl (C=O) groups excluding carboxylic acids is 2. The van der Waals surface area contributed by atoms with Gasteiger partial charge in [-0.2, -0.15) is 5.10 Å². The van der Waals surface area contributed by atoms with E-state index in [-0.39, 0.29) is 12.5 Å². The molecule has 0 aliphatic carbocycles. The van der Waals surface area contributed by atoms with Crippen molar-refractivity contribution in [2.45, 2.75) is 32.9 Å². The van der Waals surface area contributed by atoms with Gasteiger partial charge in [0.2, 0.25) is 0 Å². The van der Waals surface area contributed by atoms with Gasteiger partial charge in [-0.25, -0.2) is 9.78 Å². The van der Waals surface area contributed by atoms with Gasteiger partial charge in [-0.15, -0.1) is 0 Å². The molecular weight excluding hydrogens is 312 g/mol. The highest BCUT2D eigenvalue weighted by atomic mass is 16.3. The second kappa shape index (κ2) is 6.34. The number of carbonyl (C=O) groups is 2. The van der Waals surface area contributed by atoms with Crippen molar-refractivity contribution in [3.8, 4) is 0 Å². The van der Waals surface area contributed by atoms with E-state index < -0.39 is 12.1 Å².